The predicted molar refractivity (Wildman–Crippen MR) is 121 cm³/mol. The van der Waals surface area contributed by atoms with Gasteiger partial charge in [0.05, 0.1) is 35.3 Å². The minimum atomic E-state index is -0.291. The fourth-order valence-corrected chi connectivity index (χ4v) is 4.39. The molecule has 0 amide bonds. The van der Waals surface area contributed by atoms with Crippen LogP contribution in [0.1, 0.15) is 13.3 Å². The summed E-state index contributed by atoms with van der Waals surface area (Å²) in [5.74, 6) is 0.380. The molecule has 162 valence electrons. The Morgan fingerprint density at radius 3 is 2.87 bits per heavy atom. The first-order valence-corrected chi connectivity index (χ1v) is 10.7. The van der Waals surface area contributed by atoms with Crippen molar-refractivity contribution >= 4 is 27.6 Å². The molecule has 4 aromatic rings. The van der Waals surface area contributed by atoms with Crippen molar-refractivity contribution in [1.82, 2.24) is 25.1 Å². The summed E-state index contributed by atoms with van der Waals surface area (Å²) in [5, 5.41) is 8.09. The van der Waals surface area contributed by atoms with Gasteiger partial charge in [-0.3, -0.25) is 5.10 Å². The second kappa shape index (κ2) is 7.94. The molecule has 2 atom stereocenters. The minimum Gasteiger partial charge on any atom is -0.373 e. The molecule has 1 aliphatic rings. The highest BCUT2D eigenvalue weighted by Crippen LogP contribution is 2.30. The number of hydrogen-bond acceptors (Lipinski definition) is 5. The molecule has 8 heteroatoms. The van der Waals surface area contributed by atoms with Crippen LogP contribution in [0.3, 0.4) is 0 Å². The van der Waals surface area contributed by atoms with E-state index in [4.69, 9.17) is 9.72 Å². The first-order valence-electron chi connectivity index (χ1n) is 10.7. The summed E-state index contributed by atoms with van der Waals surface area (Å²) in [4.78, 5) is 12.7. The molecular formula is C23H27FN6O. The Bertz CT molecular complexity index is 1220. The van der Waals surface area contributed by atoms with Crippen molar-refractivity contribution in [3.8, 4) is 11.5 Å². The van der Waals surface area contributed by atoms with E-state index in [1.165, 1.54) is 12.1 Å². The number of anilines is 1. The summed E-state index contributed by atoms with van der Waals surface area (Å²) in [7, 11) is 4.15. The molecule has 0 spiro atoms. The number of likely N-dealkylation sites (N-methyl/N-ethyl adjacent to an activating group) is 1. The fourth-order valence-electron chi connectivity index (χ4n) is 4.39. The van der Waals surface area contributed by atoms with E-state index in [1.807, 2.05) is 6.07 Å². The van der Waals surface area contributed by atoms with E-state index in [2.05, 4.69) is 58.1 Å². The molecule has 1 fully saturated rings. The number of H-pyrrole nitrogens is 2. The van der Waals surface area contributed by atoms with Crippen LogP contribution in [0.2, 0.25) is 0 Å². The third-order valence-electron chi connectivity index (χ3n) is 5.95. The van der Waals surface area contributed by atoms with Crippen molar-refractivity contribution in [2.45, 2.75) is 25.5 Å². The molecule has 7 nitrogen and oxygen atoms in total. The van der Waals surface area contributed by atoms with Gasteiger partial charge < -0.3 is 19.5 Å². The van der Waals surface area contributed by atoms with Crippen molar-refractivity contribution in [3.05, 3.63) is 42.2 Å². The number of hydrogen-bond donors (Lipinski definition) is 2. The van der Waals surface area contributed by atoms with E-state index in [0.29, 0.717) is 23.1 Å². The summed E-state index contributed by atoms with van der Waals surface area (Å²) >= 11 is 0. The lowest BCUT2D eigenvalue weighted by molar-refractivity contribution is 0.00513. The van der Waals surface area contributed by atoms with Gasteiger partial charge in [-0.05, 0) is 56.9 Å². The molecule has 5 rings (SSSR count). The van der Waals surface area contributed by atoms with Crippen LogP contribution in [0.15, 0.2) is 36.4 Å². The summed E-state index contributed by atoms with van der Waals surface area (Å²) in [6.45, 7) is 4.69. The largest absolute Gasteiger partial charge is 0.373 e. The van der Waals surface area contributed by atoms with Crippen molar-refractivity contribution in [3.63, 3.8) is 0 Å². The molecule has 2 aromatic heterocycles. The normalized spacial score (nSPS) is 19.7. The molecule has 3 heterocycles. The molecular weight excluding hydrogens is 395 g/mol. The zero-order chi connectivity index (χ0) is 21.5. The number of halogens is 1. The Labute approximate surface area is 180 Å². The number of nitrogens with zero attached hydrogens (tertiary/aromatic N) is 4. The highest BCUT2D eigenvalue weighted by atomic mass is 19.1. The number of morpholine rings is 1. The quantitative estimate of drug-likeness (QED) is 0.512. The van der Waals surface area contributed by atoms with Crippen molar-refractivity contribution < 1.29 is 9.13 Å². The van der Waals surface area contributed by atoms with Gasteiger partial charge in [-0.1, -0.05) is 6.92 Å². The molecule has 0 bridgehead atoms. The second-order valence-electron chi connectivity index (χ2n) is 8.48. The van der Waals surface area contributed by atoms with E-state index in [1.54, 1.807) is 6.07 Å². The Balaban J connectivity index is 1.48. The van der Waals surface area contributed by atoms with Crippen LogP contribution < -0.4 is 4.90 Å². The van der Waals surface area contributed by atoms with Crippen LogP contribution in [0.5, 0.6) is 0 Å². The molecule has 1 aliphatic heterocycles. The van der Waals surface area contributed by atoms with Crippen LogP contribution >= 0.6 is 0 Å². The van der Waals surface area contributed by atoms with Gasteiger partial charge in [0.15, 0.2) is 5.82 Å². The highest BCUT2D eigenvalue weighted by Gasteiger charge is 2.28. The lowest BCUT2D eigenvalue weighted by Crippen LogP contribution is -2.52. The summed E-state index contributed by atoms with van der Waals surface area (Å²) in [6.07, 6.45) is 1.21. The van der Waals surface area contributed by atoms with E-state index >= 15 is 0 Å². The van der Waals surface area contributed by atoms with Gasteiger partial charge in [-0.15, -0.1) is 0 Å². The van der Waals surface area contributed by atoms with Crippen molar-refractivity contribution in [2.24, 2.45) is 0 Å². The Morgan fingerprint density at radius 1 is 1.19 bits per heavy atom. The maximum absolute atomic E-state index is 13.5. The van der Waals surface area contributed by atoms with Crippen molar-refractivity contribution in [2.75, 3.05) is 38.7 Å². The predicted octanol–water partition coefficient (Wildman–Crippen LogP) is 3.79. The van der Waals surface area contributed by atoms with Gasteiger partial charge in [0.1, 0.15) is 11.5 Å². The highest BCUT2D eigenvalue weighted by molar-refractivity contribution is 5.93. The zero-order valence-electron chi connectivity index (χ0n) is 18.0. The number of nitrogens with one attached hydrogen (secondary N) is 2. The monoisotopic (exact) mass is 422 g/mol. The van der Waals surface area contributed by atoms with Gasteiger partial charge in [-0.25, -0.2) is 9.37 Å². The molecule has 2 N–H and O–H groups in total. The van der Waals surface area contributed by atoms with E-state index in [0.717, 1.165) is 48.2 Å². The summed E-state index contributed by atoms with van der Waals surface area (Å²) < 4.78 is 19.6. The standard InChI is InChI=1S/C23H27FN6O/c1-4-15-13-31-17(11-29(2)3)12-30(15)16-6-8-19-21(10-16)26-23(25-19)22-18-7-5-14(24)9-20(18)27-28-22/h5-10,15,17H,4,11-13H2,1-3H3,(H,25,26)(H,27,28)/t15-,17+/m0/s1. The molecule has 0 unspecified atom stereocenters. The van der Waals surface area contributed by atoms with Crippen molar-refractivity contribution in [1.29, 1.82) is 0 Å². The van der Waals surface area contributed by atoms with Gasteiger partial charge >= 0.3 is 0 Å². The Morgan fingerprint density at radius 2 is 2.06 bits per heavy atom. The number of rotatable bonds is 5. The third-order valence-corrected chi connectivity index (χ3v) is 5.95. The summed E-state index contributed by atoms with van der Waals surface area (Å²) in [5.41, 5.74) is 4.34. The molecule has 0 radical (unpaired) electrons. The van der Waals surface area contributed by atoms with Gasteiger partial charge in [0, 0.05) is 24.2 Å². The molecule has 0 aliphatic carbocycles. The first kappa shape index (κ1) is 20.0. The topological polar surface area (TPSA) is 73.1 Å². The van der Waals surface area contributed by atoms with E-state index in [9.17, 15) is 4.39 Å². The van der Waals surface area contributed by atoms with E-state index in [-0.39, 0.29) is 11.9 Å². The van der Waals surface area contributed by atoms with Crippen LogP contribution in [0.4, 0.5) is 10.1 Å². The average Bonchev–Trinajstić information content (AvgIpc) is 3.35. The SMILES string of the molecule is CC[C@H]1CO[C@H](CN(C)C)CN1c1ccc2nc(-c3n[nH]c4cc(F)ccc34)[nH]c2c1. The molecule has 0 saturated carbocycles. The smallest absolute Gasteiger partial charge is 0.159 e. The fraction of sp³-hybridized carbons (Fsp3) is 0.391. The maximum Gasteiger partial charge on any atom is 0.159 e. The van der Waals surface area contributed by atoms with Gasteiger partial charge in [0.25, 0.3) is 0 Å². The summed E-state index contributed by atoms with van der Waals surface area (Å²) in [6, 6.07) is 11.3. The average molecular weight is 423 g/mol. The molecule has 31 heavy (non-hydrogen) atoms. The molecule has 2 aromatic carbocycles. The molecule has 1 saturated heterocycles. The van der Waals surface area contributed by atoms with Gasteiger partial charge in [-0.2, -0.15) is 5.10 Å². The van der Waals surface area contributed by atoms with Crippen LogP contribution in [0, 0.1) is 5.82 Å². The Hall–Kier alpha value is -2.97. The number of aromatic amines is 2. The number of benzene rings is 2. The maximum atomic E-state index is 13.5. The zero-order valence-corrected chi connectivity index (χ0v) is 18.0. The Kier molecular flexibility index (Phi) is 5.11. The van der Waals surface area contributed by atoms with Crippen LogP contribution in [-0.2, 0) is 4.74 Å². The van der Waals surface area contributed by atoms with Crippen LogP contribution in [-0.4, -0.2) is 71.0 Å². The second-order valence-corrected chi connectivity index (χ2v) is 8.48. The lowest BCUT2D eigenvalue weighted by atomic mass is 10.1. The number of fused-ring (bicyclic) bond motifs is 2. The minimum absolute atomic E-state index is 0.182. The van der Waals surface area contributed by atoms with E-state index < -0.39 is 0 Å². The number of aromatic nitrogens is 4. The van der Waals surface area contributed by atoms with Gasteiger partial charge in [0.2, 0.25) is 0 Å². The number of ether oxygens (including phenoxy) is 1. The third kappa shape index (κ3) is 3.77. The lowest BCUT2D eigenvalue weighted by Gasteiger charge is -2.41. The van der Waals surface area contributed by atoms with Crippen LogP contribution in [0.25, 0.3) is 33.5 Å². The first-order chi connectivity index (χ1) is 15.0. The number of imidazole rings is 1.